The quantitative estimate of drug-likeness (QED) is 0.803. The Kier molecular flexibility index (Phi) is 6.01. The second kappa shape index (κ2) is 7.28. The molecule has 0 aliphatic carbocycles. The van der Waals surface area contributed by atoms with E-state index in [9.17, 15) is 18.0 Å². The van der Waals surface area contributed by atoms with E-state index in [-0.39, 0.29) is 6.54 Å². The van der Waals surface area contributed by atoms with Gasteiger partial charge >= 0.3 is 6.18 Å². The van der Waals surface area contributed by atoms with Gasteiger partial charge in [-0.25, -0.2) is 0 Å². The van der Waals surface area contributed by atoms with Crippen LogP contribution in [0.4, 0.5) is 13.2 Å². The minimum Gasteiger partial charge on any atom is -0.336 e. The zero-order valence-electron chi connectivity index (χ0n) is 11.7. The third kappa shape index (κ3) is 6.06. The van der Waals surface area contributed by atoms with E-state index in [0.717, 1.165) is 5.56 Å². The molecule has 3 nitrogen and oxygen atoms in total. The van der Waals surface area contributed by atoms with E-state index in [1.54, 1.807) is 0 Å². The van der Waals surface area contributed by atoms with E-state index in [0.29, 0.717) is 18.0 Å². The molecule has 0 radical (unpaired) electrons. The lowest BCUT2D eigenvalue weighted by atomic mass is 10.2. The average molecular weight is 288 g/mol. The summed E-state index contributed by atoms with van der Waals surface area (Å²) in [6.45, 7) is 1.79. The van der Waals surface area contributed by atoms with Crippen LogP contribution in [0.15, 0.2) is 30.3 Å². The van der Waals surface area contributed by atoms with Crippen LogP contribution in [0.2, 0.25) is 0 Å². The van der Waals surface area contributed by atoms with Gasteiger partial charge in [0.25, 0.3) is 0 Å². The van der Waals surface area contributed by atoms with E-state index < -0.39 is 18.6 Å². The number of alkyl halides is 3. The third-order valence-corrected chi connectivity index (χ3v) is 2.90. The summed E-state index contributed by atoms with van der Waals surface area (Å²) in [6, 6.07) is 9.52. The van der Waals surface area contributed by atoms with Crippen molar-refractivity contribution in [3.05, 3.63) is 35.9 Å². The summed E-state index contributed by atoms with van der Waals surface area (Å²) in [5.74, 6) is -0.528. The Balaban J connectivity index is 2.53. The molecule has 1 rings (SSSR count). The van der Waals surface area contributed by atoms with E-state index in [4.69, 9.17) is 0 Å². The molecule has 0 aromatic heterocycles. The van der Waals surface area contributed by atoms with Crippen molar-refractivity contribution in [3.63, 3.8) is 0 Å². The van der Waals surface area contributed by atoms with Gasteiger partial charge in [0.05, 0.1) is 6.54 Å². The molecule has 0 atom stereocenters. The summed E-state index contributed by atoms with van der Waals surface area (Å²) in [4.78, 5) is 14.3. The highest BCUT2D eigenvalue weighted by Crippen LogP contribution is 2.15. The molecule has 1 aromatic rings. The van der Waals surface area contributed by atoms with Crippen LogP contribution in [-0.4, -0.2) is 48.6 Å². The van der Waals surface area contributed by atoms with Crippen molar-refractivity contribution >= 4 is 5.91 Å². The first-order chi connectivity index (χ1) is 9.31. The standard InChI is InChI=1S/C14H19F3N2O/c1-3-19(9-12-7-5-4-6-8-12)10-13(20)18(2)11-14(15,16)17/h4-8H,3,9-11H2,1-2H3. The van der Waals surface area contributed by atoms with E-state index in [1.165, 1.54) is 7.05 Å². The van der Waals surface area contributed by atoms with E-state index in [1.807, 2.05) is 42.2 Å². The van der Waals surface area contributed by atoms with Crippen LogP contribution >= 0.6 is 0 Å². The molecule has 0 saturated heterocycles. The molecule has 0 heterocycles. The topological polar surface area (TPSA) is 23.6 Å². The van der Waals surface area contributed by atoms with Crippen molar-refractivity contribution in [1.29, 1.82) is 0 Å². The molecule has 0 spiro atoms. The van der Waals surface area contributed by atoms with Crippen LogP contribution in [0.3, 0.4) is 0 Å². The highest BCUT2D eigenvalue weighted by atomic mass is 19.4. The maximum Gasteiger partial charge on any atom is 0.406 e. The molecule has 0 saturated carbocycles. The molecule has 1 amide bonds. The number of hydrogen-bond donors (Lipinski definition) is 0. The lowest BCUT2D eigenvalue weighted by molar-refractivity contribution is -0.159. The van der Waals surface area contributed by atoms with Crippen molar-refractivity contribution in [1.82, 2.24) is 9.80 Å². The van der Waals surface area contributed by atoms with E-state index in [2.05, 4.69) is 0 Å². The fraction of sp³-hybridized carbons (Fsp3) is 0.500. The Labute approximate surface area is 117 Å². The van der Waals surface area contributed by atoms with Gasteiger partial charge < -0.3 is 4.90 Å². The number of benzene rings is 1. The number of likely N-dealkylation sites (N-methyl/N-ethyl adjacent to an activating group) is 2. The van der Waals surface area contributed by atoms with Crippen LogP contribution in [0.1, 0.15) is 12.5 Å². The summed E-state index contributed by atoms with van der Waals surface area (Å²) >= 11 is 0. The maximum atomic E-state index is 12.2. The fourth-order valence-corrected chi connectivity index (χ4v) is 1.79. The number of hydrogen-bond acceptors (Lipinski definition) is 2. The molecule has 0 unspecified atom stereocenters. The SMILES string of the molecule is CCN(CC(=O)N(C)CC(F)(F)F)Cc1ccccc1. The second-order valence-corrected chi connectivity index (χ2v) is 4.65. The minimum atomic E-state index is -4.36. The normalized spacial score (nSPS) is 11.7. The van der Waals surface area contributed by atoms with Gasteiger partial charge in [-0.15, -0.1) is 0 Å². The lowest BCUT2D eigenvalue weighted by Gasteiger charge is -2.24. The first kappa shape index (κ1) is 16.5. The molecule has 0 N–H and O–H groups in total. The number of amides is 1. The predicted molar refractivity (Wildman–Crippen MR) is 71.1 cm³/mol. The van der Waals surface area contributed by atoms with Crippen molar-refractivity contribution < 1.29 is 18.0 Å². The highest BCUT2D eigenvalue weighted by molar-refractivity contribution is 5.78. The third-order valence-electron chi connectivity index (χ3n) is 2.90. The number of rotatable bonds is 6. The second-order valence-electron chi connectivity index (χ2n) is 4.65. The van der Waals surface area contributed by atoms with Crippen molar-refractivity contribution in [2.75, 3.05) is 26.7 Å². The van der Waals surface area contributed by atoms with Gasteiger partial charge in [0.2, 0.25) is 5.91 Å². The molecular formula is C14H19F3N2O. The van der Waals surface area contributed by atoms with Crippen LogP contribution < -0.4 is 0 Å². The Morgan fingerprint density at radius 1 is 1.20 bits per heavy atom. The van der Waals surface area contributed by atoms with Gasteiger partial charge in [0, 0.05) is 13.6 Å². The molecule has 6 heteroatoms. The number of carbonyl (C=O) groups is 1. The van der Waals surface area contributed by atoms with Crippen LogP contribution in [-0.2, 0) is 11.3 Å². The lowest BCUT2D eigenvalue weighted by Crippen LogP contribution is -2.42. The first-order valence-corrected chi connectivity index (χ1v) is 6.39. The Hall–Kier alpha value is -1.56. The molecule has 1 aromatic carbocycles. The van der Waals surface area contributed by atoms with Gasteiger partial charge in [0.1, 0.15) is 6.54 Å². The first-order valence-electron chi connectivity index (χ1n) is 6.39. The maximum absolute atomic E-state index is 12.2. The molecule has 0 aliphatic rings. The van der Waals surface area contributed by atoms with Gasteiger partial charge in [-0.2, -0.15) is 13.2 Å². The molecule has 0 aliphatic heterocycles. The van der Waals surface area contributed by atoms with Gasteiger partial charge in [0.15, 0.2) is 0 Å². The molecule has 0 fully saturated rings. The molecule has 0 bridgehead atoms. The summed E-state index contributed by atoms with van der Waals surface area (Å²) in [5.41, 5.74) is 1.03. The van der Waals surface area contributed by atoms with Gasteiger partial charge in [-0.05, 0) is 12.1 Å². The monoisotopic (exact) mass is 288 g/mol. The van der Waals surface area contributed by atoms with Gasteiger partial charge in [-0.1, -0.05) is 37.3 Å². The highest BCUT2D eigenvalue weighted by Gasteiger charge is 2.31. The van der Waals surface area contributed by atoms with Crippen molar-refractivity contribution in [3.8, 4) is 0 Å². The van der Waals surface area contributed by atoms with E-state index >= 15 is 0 Å². The number of nitrogens with zero attached hydrogens (tertiary/aromatic N) is 2. The van der Waals surface area contributed by atoms with Crippen LogP contribution in [0.25, 0.3) is 0 Å². The molecule has 20 heavy (non-hydrogen) atoms. The Morgan fingerprint density at radius 3 is 2.30 bits per heavy atom. The number of halogens is 3. The van der Waals surface area contributed by atoms with Crippen molar-refractivity contribution in [2.24, 2.45) is 0 Å². The Bertz CT molecular complexity index is 420. The molecule has 112 valence electrons. The fourth-order valence-electron chi connectivity index (χ4n) is 1.79. The zero-order chi connectivity index (χ0) is 15.2. The average Bonchev–Trinajstić information content (AvgIpc) is 2.37. The predicted octanol–water partition coefficient (Wildman–Crippen LogP) is 2.53. The number of carbonyl (C=O) groups excluding carboxylic acids is 1. The smallest absolute Gasteiger partial charge is 0.336 e. The zero-order valence-corrected chi connectivity index (χ0v) is 11.7. The Morgan fingerprint density at radius 2 is 1.80 bits per heavy atom. The van der Waals surface area contributed by atoms with Gasteiger partial charge in [-0.3, -0.25) is 9.69 Å². The molecular weight excluding hydrogens is 269 g/mol. The summed E-state index contributed by atoms with van der Waals surface area (Å²) in [6.07, 6.45) is -4.36. The largest absolute Gasteiger partial charge is 0.406 e. The summed E-state index contributed by atoms with van der Waals surface area (Å²) in [7, 11) is 1.17. The van der Waals surface area contributed by atoms with Crippen LogP contribution in [0, 0.1) is 0 Å². The minimum absolute atomic E-state index is 0.0159. The summed E-state index contributed by atoms with van der Waals surface area (Å²) < 4.78 is 36.7. The van der Waals surface area contributed by atoms with Crippen LogP contribution in [0.5, 0.6) is 0 Å². The summed E-state index contributed by atoms with van der Waals surface area (Å²) in [5, 5.41) is 0. The van der Waals surface area contributed by atoms with Crippen molar-refractivity contribution in [2.45, 2.75) is 19.6 Å².